The van der Waals surface area contributed by atoms with Gasteiger partial charge in [0.25, 0.3) is 0 Å². The monoisotopic (exact) mass is 250 g/mol. The van der Waals surface area contributed by atoms with Crippen molar-refractivity contribution in [1.29, 1.82) is 0 Å². The normalized spacial score (nSPS) is 24.8. The molecule has 0 radical (unpaired) electrons. The molecule has 3 nitrogen and oxygen atoms in total. The molecule has 0 atom stereocenters. The zero-order chi connectivity index (χ0) is 12.7. The van der Waals surface area contributed by atoms with Crippen LogP contribution >= 0.6 is 0 Å². The summed E-state index contributed by atoms with van der Waals surface area (Å²) in [6.07, 6.45) is -2.62. The highest BCUT2D eigenvalue weighted by Gasteiger charge is 2.55. The van der Waals surface area contributed by atoms with Gasteiger partial charge in [0.15, 0.2) is 0 Å². The number of alkyl halides is 3. The molecule has 0 bridgehead atoms. The van der Waals surface area contributed by atoms with Crippen molar-refractivity contribution in [2.75, 3.05) is 19.6 Å². The molecule has 0 unspecified atom stereocenters. The number of rotatable bonds is 2. The van der Waals surface area contributed by atoms with Gasteiger partial charge >= 0.3 is 6.18 Å². The second-order valence-electron chi connectivity index (χ2n) is 5.08. The lowest BCUT2D eigenvalue weighted by Crippen LogP contribution is -2.53. The first-order valence-electron chi connectivity index (χ1n) is 5.95. The van der Waals surface area contributed by atoms with Crippen LogP contribution < -0.4 is 5.73 Å². The Kier molecular flexibility index (Phi) is 3.10. The summed E-state index contributed by atoms with van der Waals surface area (Å²) in [4.78, 5) is 13.3. The van der Waals surface area contributed by atoms with Crippen molar-refractivity contribution in [2.45, 2.75) is 31.9 Å². The molecule has 2 rings (SSSR count). The topological polar surface area (TPSA) is 46.3 Å². The summed E-state index contributed by atoms with van der Waals surface area (Å²) in [7, 11) is 0. The summed E-state index contributed by atoms with van der Waals surface area (Å²) in [5.41, 5.74) is 3.51. The number of hydrogen-bond acceptors (Lipinski definition) is 2. The number of carbonyl (C=O) groups excluding carboxylic acids is 1. The lowest BCUT2D eigenvalue weighted by atomic mass is 9.77. The minimum Gasteiger partial charge on any atom is -0.342 e. The molecule has 1 aliphatic heterocycles. The Balaban J connectivity index is 1.98. The molecule has 1 saturated heterocycles. The number of likely N-dealkylation sites (tertiary alicyclic amines) is 1. The number of hydrogen-bond donors (Lipinski definition) is 1. The van der Waals surface area contributed by atoms with Crippen molar-refractivity contribution in [1.82, 2.24) is 4.90 Å². The van der Waals surface area contributed by atoms with Gasteiger partial charge in [-0.25, -0.2) is 0 Å². The van der Waals surface area contributed by atoms with Crippen LogP contribution in [0.4, 0.5) is 13.2 Å². The molecule has 1 amide bonds. The van der Waals surface area contributed by atoms with E-state index in [1.54, 1.807) is 4.90 Å². The molecule has 2 fully saturated rings. The highest BCUT2D eigenvalue weighted by molar-refractivity contribution is 5.81. The van der Waals surface area contributed by atoms with E-state index in [0.717, 1.165) is 12.8 Å². The molecule has 0 aromatic carbocycles. The average molecular weight is 250 g/mol. The summed E-state index contributed by atoms with van der Waals surface area (Å²) >= 11 is 0. The molecule has 1 heterocycles. The van der Waals surface area contributed by atoms with Crippen LogP contribution in [0.5, 0.6) is 0 Å². The van der Waals surface area contributed by atoms with Crippen molar-refractivity contribution in [3.8, 4) is 0 Å². The number of piperidine rings is 1. The summed E-state index contributed by atoms with van der Waals surface area (Å²) < 4.78 is 38.7. The fraction of sp³-hybridized carbons (Fsp3) is 0.909. The molecular weight excluding hydrogens is 233 g/mol. The molecular formula is C11H17F3N2O. The van der Waals surface area contributed by atoms with Crippen LogP contribution in [0.15, 0.2) is 0 Å². The van der Waals surface area contributed by atoms with Gasteiger partial charge in [-0.2, -0.15) is 13.2 Å². The first kappa shape index (κ1) is 12.7. The number of nitrogens with two attached hydrogens (primary N) is 1. The van der Waals surface area contributed by atoms with Gasteiger partial charge in [0.1, 0.15) is 0 Å². The Hall–Kier alpha value is -0.780. The van der Waals surface area contributed by atoms with Gasteiger partial charge in [-0.3, -0.25) is 4.79 Å². The Morgan fingerprint density at radius 3 is 2.18 bits per heavy atom. The Bertz CT molecular complexity index is 304. The largest absolute Gasteiger partial charge is 0.395 e. The summed E-state index contributed by atoms with van der Waals surface area (Å²) in [6, 6.07) is 0. The molecule has 1 aliphatic carbocycles. The number of nitrogens with zero attached hydrogens (tertiary/aromatic N) is 1. The third-order valence-corrected chi connectivity index (χ3v) is 3.95. The van der Waals surface area contributed by atoms with Crippen LogP contribution in [0.3, 0.4) is 0 Å². The summed E-state index contributed by atoms with van der Waals surface area (Å²) in [6.45, 7) is -0.0138. The van der Waals surface area contributed by atoms with E-state index < -0.39 is 11.6 Å². The van der Waals surface area contributed by atoms with Crippen LogP contribution in [-0.4, -0.2) is 36.6 Å². The van der Waals surface area contributed by atoms with E-state index in [9.17, 15) is 18.0 Å². The van der Waals surface area contributed by atoms with E-state index >= 15 is 0 Å². The van der Waals surface area contributed by atoms with Gasteiger partial charge in [0, 0.05) is 25.6 Å². The van der Waals surface area contributed by atoms with E-state index in [0.29, 0.717) is 0 Å². The first-order valence-corrected chi connectivity index (χ1v) is 5.95. The standard InChI is InChI=1S/C11H17F3N2O/c12-11(13,14)10(7-15)3-5-16(6-4-10)9(17)8-1-2-8/h8H,1-7,15H2. The summed E-state index contributed by atoms with van der Waals surface area (Å²) in [5.74, 6) is 0.101. The first-order chi connectivity index (χ1) is 7.89. The maximum absolute atomic E-state index is 12.9. The molecule has 17 heavy (non-hydrogen) atoms. The zero-order valence-corrected chi connectivity index (χ0v) is 9.59. The second-order valence-corrected chi connectivity index (χ2v) is 5.08. The number of halogens is 3. The highest BCUT2D eigenvalue weighted by Crippen LogP contribution is 2.46. The molecule has 0 spiro atoms. The molecule has 0 aromatic rings. The molecule has 0 aromatic heterocycles. The minimum absolute atomic E-state index is 0.0257. The van der Waals surface area contributed by atoms with Gasteiger partial charge in [-0.15, -0.1) is 0 Å². The maximum atomic E-state index is 12.9. The number of amides is 1. The molecule has 2 N–H and O–H groups in total. The average Bonchev–Trinajstić information content (AvgIpc) is 3.10. The van der Waals surface area contributed by atoms with Crippen molar-refractivity contribution < 1.29 is 18.0 Å². The SMILES string of the molecule is NCC1(C(F)(F)F)CCN(C(=O)C2CC2)CC1. The highest BCUT2D eigenvalue weighted by atomic mass is 19.4. The van der Waals surface area contributed by atoms with Crippen molar-refractivity contribution in [3.63, 3.8) is 0 Å². The van der Waals surface area contributed by atoms with Crippen LogP contribution in [0.1, 0.15) is 25.7 Å². The molecule has 1 saturated carbocycles. The van der Waals surface area contributed by atoms with Crippen LogP contribution in [0.2, 0.25) is 0 Å². The van der Waals surface area contributed by atoms with E-state index in [-0.39, 0.29) is 44.3 Å². The Morgan fingerprint density at radius 2 is 1.82 bits per heavy atom. The third-order valence-electron chi connectivity index (χ3n) is 3.95. The zero-order valence-electron chi connectivity index (χ0n) is 9.59. The molecule has 2 aliphatic rings. The Morgan fingerprint density at radius 1 is 1.29 bits per heavy atom. The van der Waals surface area contributed by atoms with E-state index in [1.165, 1.54) is 0 Å². The van der Waals surface area contributed by atoms with Gasteiger partial charge in [0.2, 0.25) is 5.91 Å². The smallest absolute Gasteiger partial charge is 0.342 e. The second kappa shape index (κ2) is 4.15. The maximum Gasteiger partial charge on any atom is 0.395 e. The fourth-order valence-corrected chi connectivity index (χ4v) is 2.35. The molecule has 6 heteroatoms. The quantitative estimate of drug-likeness (QED) is 0.807. The Labute approximate surface area is 98.1 Å². The van der Waals surface area contributed by atoms with Gasteiger partial charge in [-0.05, 0) is 25.7 Å². The van der Waals surface area contributed by atoms with Crippen LogP contribution in [0, 0.1) is 11.3 Å². The lowest BCUT2D eigenvalue weighted by Gasteiger charge is -2.42. The van der Waals surface area contributed by atoms with Crippen molar-refractivity contribution in [2.24, 2.45) is 17.1 Å². The fourth-order valence-electron chi connectivity index (χ4n) is 2.35. The van der Waals surface area contributed by atoms with E-state index in [2.05, 4.69) is 0 Å². The van der Waals surface area contributed by atoms with E-state index in [1.807, 2.05) is 0 Å². The predicted octanol–water partition coefficient (Wildman–Crippen LogP) is 1.53. The van der Waals surface area contributed by atoms with Gasteiger partial charge < -0.3 is 10.6 Å². The van der Waals surface area contributed by atoms with Gasteiger partial charge in [-0.1, -0.05) is 0 Å². The number of carbonyl (C=O) groups is 1. The van der Waals surface area contributed by atoms with Crippen molar-refractivity contribution >= 4 is 5.91 Å². The third kappa shape index (κ3) is 2.27. The summed E-state index contributed by atoms with van der Waals surface area (Å²) in [5, 5.41) is 0. The van der Waals surface area contributed by atoms with Crippen LogP contribution in [-0.2, 0) is 4.79 Å². The van der Waals surface area contributed by atoms with E-state index in [4.69, 9.17) is 5.73 Å². The molecule has 98 valence electrons. The van der Waals surface area contributed by atoms with Crippen molar-refractivity contribution in [3.05, 3.63) is 0 Å². The van der Waals surface area contributed by atoms with Gasteiger partial charge in [0.05, 0.1) is 5.41 Å². The van der Waals surface area contributed by atoms with Crippen LogP contribution in [0.25, 0.3) is 0 Å². The minimum atomic E-state index is -4.27. The lowest BCUT2D eigenvalue weighted by molar-refractivity contribution is -0.233. The predicted molar refractivity (Wildman–Crippen MR) is 56.1 cm³/mol.